The first kappa shape index (κ1) is 12.9. The zero-order valence-corrected chi connectivity index (χ0v) is 10.5. The Labute approximate surface area is 107 Å². The summed E-state index contributed by atoms with van der Waals surface area (Å²) in [4.78, 5) is 25.6. The van der Waals surface area contributed by atoms with Crippen LogP contribution in [0.4, 0.5) is 0 Å². The van der Waals surface area contributed by atoms with E-state index in [9.17, 15) is 9.59 Å². The van der Waals surface area contributed by atoms with Crippen molar-refractivity contribution in [3.8, 4) is 11.5 Å². The summed E-state index contributed by atoms with van der Waals surface area (Å²) in [5, 5.41) is 17.8. The number of rotatable bonds is 3. The Hall–Kier alpha value is -2.57. The molecule has 0 radical (unpaired) electrons. The number of hydrogen-bond donors (Lipinski definition) is 2. The smallest absolute Gasteiger partial charge is 0.374 e. The number of furan rings is 1. The molecule has 0 amide bonds. The third-order valence-corrected chi connectivity index (χ3v) is 2.80. The van der Waals surface area contributed by atoms with Crippen LogP contribution in [0.25, 0.3) is 11.5 Å². The van der Waals surface area contributed by atoms with Gasteiger partial charge in [-0.1, -0.05) is 0 Å². The molecule has 2 aromatic rings. The van der Waals surface area contributed by atoms with Gasteiger partial charge in [-0.25, -0.2) is 14.6 Å². The number of carboxylic acid groups (broad SMARTS) is 2. The van der Waals surface area contributed by atoms with Crippen LogP contribution in [0.15, 0.2) is 8.83 Å². The van der Waals surface area contributed by atoms with E-state index >= 15 is 0 Å². The molecule has 0 saturated heterocycles. The molecule has 7 heteroatoms. The van der Waals surface area contributed by atoms with Crippen LogP contribution in [0.2, 0.25) is 0 Å². The molecule has 0 unspecified atom stereocenters. The van der Waals surface area contributed by atoms with Gasteiger partial charge in [0.25, 0.3) is 0 Å². The second-order valence-corrected chi connectivity index (χ2v) is 4.02. The molecule has 2 N–H and O–H groups in total. The number of hydrogen-bond acceptors (Lipinski definition) is 5. The first-order chi connectivity index (χ1) is 8.82. The van der Waals surface area contributed by atoms with Crippen molar-refractivity contribution in [2.75, 3.05) is 0 Å². The van der Waals surface area contributed by atoms with Gasteiger partial charge in [0.05, 0.1) is 5.56 Å². The summed E-state index contributed by atoms with van der Waals surface area (Å²) in [6, 6.07) is 0. The highest BCUT2D eigenvalue weighted by Crippen LogP contribution is 2.32. The molecule has 19 heavy (non-hydrogen) atoms. The highest BCUT2D eigenvalue weighted by molar-refractivity contribution is 5.98. The lowest BCUT2D eigenvalue weighted by Gasteiger charge is -1.93. The van der Waals surface area contributed by atoms with Crippen LogP contribution >= 0.6 is 0 Å². The van der Waals surface area contributed by atoms with Gasteiger partial charge in [0, 0.05) is 5.56 Å². The van der Waals surface area contributed by atoms with Crippen molar-refractivity contribution >= 4 is 11.9 Å². The average molecular weight is 265 g/mol. The van der Waals surface area contributed by atoms with Crippen LogP contribution in [0.5, 0.6) is 0 Å². The number of carboxylic acids is 2. The molecule has 0 fully saturated rings. The minimum atomic E-state index is -1.48. The van der Waals surface area contributed by atoms with Crippen LogP contribution < -0.4 is 0 Å². The van der Waals surface area contributed by atoms with Gasteiger partial charge in [-0.05, 0) is 20.8 Å². The standard InChI is InChI=1S/C12H11NO6/c1-4-5(2)18-6(3)7(4)10-13-8(11(14)15)9(19-10)12(16)17/h1-3H3,(H,14,15)(H,16,17). The van der Waals surface area contributed by atoms with Gasteiger partial charge < -0.3 is 19.0 Å². The molecule has 2 rings (SSSR count). The van der Waals surface area contributed by atoms with Crippen molar-refractivity contribution in [2.24, 2.45) is 0 Å². The van der Waals surface area contributed by atoms with Gasteiger partial charge in [-0.2, -0.15) is 0 Å². The largest absolute Gasteiger partial charge is 0.476 e. The minimum absolute atomic E-state index is 0.0679. The summed E-state index contributed by atoms with van der Waals surface area (Å²) < 4.78 is 10.4. The molecule has 0 atom stereocenters. The number of aromatic nitrogens is 1. The maximum Gasteiger partial charge on any atom is 0.374 e. The third-order valence-electron chi connectivity index (χ3n) is 2.80. The van der Waals surface area contributed by atoms with Gasteiger partial charge in [0.15, 0.2) is 0 Å². The maximum absolute atomic E-state index is 10.9. The fraction of sp³-hybridized carbons (Fsp3) is 0.250. The average Bonchev–Trinajstić information content (AvgIpc) is 2.82. The van der Waals surface area contributed by atoms with E-state index < -0.39 is 23.4 Å². The predicted octanol–water partition coefficient (Wildman–Crippen LogP) is 2.26. The van der Waals surface area contributed by atoms with E-state index in [0.29, 0.717) is 17.1 Å². The summed E-state index contributed by atoms with van der Waals surface area (Å²) >= 11 is 0. The molecular formula is C12H11NO6. The van der Waals surface area contributed by atoms with Crippen molar-refractivity contribution < 1.29 is 28.6 Å². The quantitative estimate of drug-likeness (QED) is 0.874. The van der Waals surface area contributed by atoms with E-state index in [1.165, 1.54) is 0 Å². The zero-order valence-electron chi connectivity index (χ0n) is 10.5. The van der Waals surface area contributed by atoms with Crippen LogP contribution in [0, 0.1) is 20.8 Å². The van der Waals surface area contributed by atoms with Gasteiger partial charge in [0.1, 0.15) is 11.5 Å². The van der Waals surface area contributed by atoms with Crippen molar-refractivity contribution in [3.05, 3.63) is 28.5 Å². The molecule has 0 bridgehead atoms. The Balaban J connectivity index is 2.67. The summed E-state index contributed by atoms with van der Waals surface area (Å²) in [6.07, 6.45) is 0. The normalized spacial score (nSPS) is 10.7. The number of oxazole rings is 1. The number of aromatic carboxylic acids is 2. The fourth-order valence-corrected chi connectivity index (χ4v) is 1.83. The molecule has 0 saturated carbocycles. The molecule has 2 heterocycles. The predicted molar refractivity (Wildman–Crippen MR) is 62.3 cm³/mol. The molecular weight excluding hydrogens is 254 g/mol. The Morgan fingerprint density at radius 3 is 2.00 bits per heavy atom. The van der Waals surface area contributed by atoms with E-state index in [4.69, 9.17) is 19.0 Å². The van der Waals surface area contributed by atoms with Crippen LogP contribution in [-0.4, -0.2) is 27.1 Å². The van der Waals surface area contributed by atoms with Crippen molar-refractivity contribution in [3.63, 3.8) is 0 Å². The zero-order chi connectivity index (χ0) is 14.3. The summed E-state index contributed by atoms with van der Waals surface area (Å²) in [5.74, 6) is -2.57. The summed E-state index contributed by atoms with van der Waals surface area (Å²) in [7, 11) is 0. The molecule has 0 aliphatic heterocycles. The van der Waals surface area contributed by atoms with Gasteiger partial charge in [-0.15, -0.1) is 0 Å². The third kappa shape index (κ3) is 1.99. The van der Waals surface area contributed by atoms with E-state index in [1.54, 1.807) is 20.8 Å². The maximum atomic E-state index is 10.9. The first-order valence-electron chi connectivity index (χ1n) is 5.37. The number of carbonyl (C=O) groups is 2. The number of aryl methyl sites for hydroxylation is 2. The van der Waals surface area contributed by atoms with Crippen LogP contribution in [0.3, 0.4) is 0 Å². The highest BCUT2D eigenvalue weighted by Gasteiger charge is 2.27. The monoisotopic (exact) mass is 265 g/mol. The lowest BCUT2D eigenvalue weighted by molar-refractivity contribution is 0.0624. The molecule has 100 valence electrons. The van der Waals surface area contributed by atoms with E-state index in [2.05, 4.69) is 4.98 Å². The van der Waals surface area contributed by atoms with Gasteiger partial charge in [0.2, 0.25) is 17.3 Å². The Kier molecular flexibility index (Phi) is 2.89. The van der Waals surface area contributed by atoms with E-state index in [-0.39, 0.29) is 5.89 Å². The molecule has 7 nitrogen and oxygen atoms in total. The second-order valence-electron chi connectivity index (χ2n) is 4.02. The fourth-order valence-electron chi connectivity index (χ4n) is 1.83. The lowest BCUT2D eigenvalue weighted by Crippen LogP contribution is -2.05. The molecule has 0 aliphatic rings. The lowest BCUT2D eigenvalue weighted by atomic mass is 10.1. The van der Waals surface area contributed by atoms with Crippen LogP contribution in [0.1, 0.15) is 38.1 Å². The van der Waals surface area contributed by atoms with Crippen LogP contribution in [-0.2, 0) is 0 Å². The second kappa shape index (κ2) is 4.27. The molecule has 0 aliphatic carbocycles. The minimum Gasteiger partial charge on any atom is -0.476 e. The molecule has 0 spiro atoms. The van der Waals surface area contributed by atoms with E-state index in [0.717, 1.165) is 5.56 Å². The topological polar surface area (TPSA) is 114 Å². The molecule has 0 aromatic carbocycles. The van der Waals surface area contributed by atoms with Gasteiger partial charge >= 0.3 is 11.9 Å². The highest BCUT2D eigenvalue weighted by atomic mass is 16.4. The number of nitrogens with zero attached hydrogens (tertiary/aromatic N) is 1. The first-order valence-corrected chi connectivity index (χ1v) is 5.37. The van der Waals surface area contributed by atoms with Crippen molar-refractivity contribution in [1.29, 1.82) is 0 Å². The Morgan fingerprint density at radius 2 is 1.63 bits per heavy atom. The molecule has 2 aromatic heterocycles. The summed E-state index contributed by atoms with van der Waals surface area (Å²) in [5.41, 5.74) is 0.584. The summed E-state index contributed by atoms with van der Waals surface area (Å²) in [6.45, 7) is 5.16. The van der Waals surface area contributed by atoms with Crippen molar-refractivity contribution in [1.82, 2.24) is 4.98 Å². The van der Waals surface area contributed by atoms with E-state index in [1.807, 2.05) is 0 Å². The van der Waals surface area contributed by atoms with Crippen molar-refractivity contribution in [2.45, 2.75) is 20.8 Å². The Bertz CT molecular complexity index is 647. The van der Waals surface area contributed by atoms with Gasteiger partial charge in [-0.3, -0.25) is 0 Å². The SMILES string of the molecule is Cc1oc(C)c(-c2nc(C(=O)O)c(C(=O)O)o2)c1C. The Morgan fingerprint density at radius 1 is 1.00 bits per heavy atom.